The molecule has 2 aromatic carbocycles. The monoisotopic (exact) mass is 421 g/mol. The number of nitrogens with zero attached hydrogens (tertiary/aromatic N) is 1. The highest BCUT2D eigenvalue weighted by Gasteiger charge is 2.24. The summed E-state index contributed by atoms with van der Waals surface area (Å²) >= 11 is 0. The van der Waals surface area contributed by atoms with Gasteiger partial charge in [0, 0.05) is 18.7 Å². The van der Waals surface area contributed by atoms with E-state index in [1.165, 1.54) is 0 Å². The molecule has 1 saturated heterocycles. The Bertz CT molecular complexity index is 1140. The third-order valence-electron chi connectivity index (χ3n) is 5.61. The Kier molecular flexibility index (Phi) is 6.23. The summed E-state index contributed by atoms with van der Waals surface area (Å²) in [7, 11) is 1.56. The van der Waals surface area contributed by atoms with E-state index in [2.05, 4.69) is 10.3 Å². The van der Waals surface area contributed by atoms with Gasteiger partial charge in [-0.1, -0.05) is 30.3 Å². The summed E-state index contributed by atoms with van der Waals surface area (Å²) in [5.74, 6) is 0.576. The Morgan fingerprint density at radius 1 is 1.26 bits per heavy atom. The molecule has 0 bridgehead atoms. The van der Waals surface area contributed by atoms with Crippen molar-refractivity contribution in [2.24, 2.45) is 0 Å². The molecule has 4 rings (SSSR count). The summed E-state index contributed by atoms with van der Waals surface area (Å²) in [6.45, 7) is 3.25. The van der Waals surface area contributed by atoms with E-state index in [1.807, 2.05) is 43.3 Å². The molecule has 31 heavy (non-hydrogen) atoms. The van der Waals surface area contributed by atoms with E-state index in [0.29, 0.717) is 30.2 Å². The Balaban J connectivity index is 1.62. The van der Waals surface area contributed by atoms with Crippen LogP contribution >= 0.6 is 0 Å². The summed E-state index contributed by atoms with van der Waals surface area (Å²) in [6, 6.07) is 14.7. The quantitative estimate of drug-likeness (QED) is 0.629. The molecule has 0 saturated carbocycles. The number of amides is 2. The number of H-pyrrole nitrogens is 1. The number of nitrogens with one attached hydrogen (secondary N) is 2. The second-order valence-corrected chi connectivity index (χ2v) is 7.81. The number of fused-ring (bicyclic) bond motifs is 1. The first-order valence-electron chi connectivity index (χ1n) is 10.5. The molecule has 7 nitrogen and oxygen atoms in total. The highest BCUT2D eigenvalue weighted by molar-refractivity contribution is 5.91. The Morgan fingerprint density at radius 2 is 2.10 bits per heavy atom. The topological polar surface area (TPSA) is 83.7 Å². The lowest BCUT2D eigenvalue weighted by atomic mass is 10.1. The van der Waals surface area contributed by atoms with Crippen molar-refractivity contribution in [2.45, 2.75) is 32.4 Å². The zero-order chi connectivity index (χ0) is 21.8. The third-order valence-corrected chi connectivity index (χ3v) is 5.61. The number of urea groups is 1. The van der Waals surface area contributed by atoms with Crippen LogP contribution in [0.2, 0.25) is 0 Å². The van der Waals surface area contributed by atoms with Crippen molar-refractivity contribution < 1.29 is 14.3 Å². The second-order valence-electron chi connectivity index (χ2n) is 7.81. The standard InChI is InChI=1S/C24H27N3O4/c1-16-7-5-8-17-13-18(23(28)26-22(16)17)14-27(15-19-9-6-12-31-19)24(29)25-20-10-3-4-11-21(20)30-2/h3-5,7-8,10-11,13,19H,6,9,12,14-15H2,1-2H3,(H,25,29)(H,26,28). The predicted molar refractivity (Wildman–Crippen MR) is 121 cm³/mol. The molecular weight excluding hydrogens is 394 g/mol. The largest absolute Gasteiger partial charge is 0.495 e. The summed E-state index contributed by atoms with van der Waals surface area (Å²) in [6.07, 6.45) is 1.83. The number of para-hydroxylation sites is 3. The van der Waals surface area contributed by atoms with E-state index in [9.17, 15) is 9.59 Å². The predicted octanol–water partition coefficient (Wildman–Crippen LogP) is 4.06. The number of carbonyl (C=O) groups is 1. The van der Waals surface area contributed by atoms with Gasteiger partial charge in [-0.25, -0.2) is 4.79 Å². The van der Waals surface area contributed by atoms with Crippen LogP contribution in [0.5, 0.6) is 5.75 Å². The number of methoxy groups -OCH3 is 1. The van der Waals surface area contributed by atoms with Crippen LogP contribution in [-0.2, 0) is 11.3 Å². The molecule has 1 unspecified atom stereocenters. The maximum absolute atomic E-state index is 13.2. The van der Waals surface area contributed by atoms with Crippen molar-refractivity contribution in [1.29, 1.82) is 0 Å². The maximum Gasteiger partial charge on any atom is 0.322 e. The van der Waals surface area contributed by atoms with E-state index >= 15 is 0 Å². The van der Waals surface area contributed by atoms with Gasteiger partial charge < -0.3 is 24.7 Å². The van der Waals surface area contributed by atoms with E-state index < -0.39 is 0 Å². The minimum Gasteiger partial charge on any atom is -0.495 e. The van der Waals surface area contributed by atoms with Crippen LogP contribution in [0.1, 0.15) is 24.0 Å². The van der Waals surface area contributed by atoms with Gasteiger partial charge in [-0.15, -0.1) is 0 Å². The molecule has 1 atom stereocenters. The molecule has 2 amide bonds. The van der Waals surface area contributed by atoms with Gasteiger partial charge in [-0.3, -0.25) is 4.79 Å². The SMILES string of the molecule is COc1ccccc1NC(=O)N(Cc1cc2cccc(C)c2[nH]c1=O)CC1CCCO1. The number of ether oxygens (including phenoxy) is 2. The first-order valence-corrected chi connectivity index (χ1v) is 10.5. The highest BCUT2D eigenvalue weighted by Crippen LogP contribution is 2.24. The Labute approximate surface area is 181 Å². The number of carbonyl (C=O) groups excluding carboxylic acids is 1. The van der Waals surface area contributed by atoms with Gasteiger partial charge >= 0.3 is 6.03 Å². The zero-order valence-corrected chi connectivity index (χ0v) is 17.8. The maximum atomic E-state index is 13.2. The number of anilines is 1. The average molecular weight is 421 g/mol. The molecule has 3 aromatic rings. The highest BCUT2D eigenvalue weighted by atomic mass is 16.5. The van der Waals surface area contributed by atoms with Crippen molar-refractivity contribution in [2.75, 3.05) is 25.6 Å². The normalized spacial score (nSPS) is 15.7. The fraction of sp³-hybridized carbons (Fsp3) is 0.333. The van der Waals surface area contributed by atoms with Crippen LogP contribution in [0.25, 0.3) is 10.9 Å². The van der Waals surface area contributed by atoms with Gasteiger partial charge in [0.1, 0.15) is 5.75 Å². The smallest absolute Gasteiger partial charge is 0.322 e. The summed E-state index contributed by atoms with van der Waals surface area (Å²) in [5.41, 5.74) is 2.75. The van der Waals surface area contributed by atoms with Crippen molar-refractivity contribution in [1.82, 2.24) is 9.88 Å². The lowest BCUT2D eigenvalue weighted by Crippen LogP contribution is -2.40. The van der Waals surface area contributed by atoms with Crippen LogP contribution in [-0.4, -0.2) is 42.3 Å². The Hall–Kier alpha value is -3.32. The fourth-order valence-corrected chi connectivity index (χ4v) is 3.95. The van der Waals surface area contributed by atoms with E-state index in [4.69, 9.17) is 9.47 Å². The molecule has 162 valence electrons. The van der Waals surface area contributed by atoms with Gasteiger partial charge in [0.05, 0.1) is 31.0 Å². The minimum absolute atomic E-state index is 0.0369. The summed E-state index contributed by atoms with van der Waals surface area (Å²) < 4.78 is 11.1. The van der Waals surface area contributed by atoms with Crippen molar-refractivity contribution in [3.8, 4) is 5.75 Å². The molecule has 1 aliphatic rings. The third kappa shape index (κ3) is 4.72. The van der Waals surface area contributed by atoms with Crippen molar-refractivity contribution in [3.63, 3.8) is 0 Å². The molecule has 1 aromatic heterocycles. The fourth-order valence-electron chi connectivity index (χ4n) is 3.95. The summed E-state index contributed by atoms with van der Waals surface area (Å²) in [4.78, 5) is 30.6. The molecule has 0 spiro atoms. The van der Waals surface area contributed by atoms with Crippen molar-refractivity contribution in [3.05, 3.63) is 70.0 Å². The van der Waals surface area contributed by atoms with Crippen LogP contribution in [0.4, 0.5) is 10.5 Å². The summed E-state index contributed by atoms with van der Waals surface area (Å²) in [5, 5.41) is 3.86. The van der Waals surface area contributed by atoms with Gasteiger partial charge in [0.2, 0.25) is 0 Å². The molecular formula is C24H27N3O4. The number of aromatic nitrogens is 1. The van der Waals surface area contributed by atoms with E-state index in [-0.39, 0.29) is 24.2 Å². The number of aromatic amines is 1. The molecule has 0 aliphatic carbocycles. The van der Waals surface area contributed by atoms with Crippen LogP contribution < -0.4 is 15.6 Å². The number of hydrogen-bond donors (Lipinski definition) is 2. The van der Waals surface area contributed by atoms with E-state index in [0.717, 1.165) is 29.3 Å². The lowest BCUT2D eigenvalue weighted by Gasteiger charge is -2.26. The molecule has 1 fully saturated rings. The molecule has 0 radical (unpaired) electrons. The number of hydrogen-bond acceptors (Lipinski definition) is 4. The zero-order valence-electron chi connectivity index (χ0n) is 17.8. The van der Waals surface area contributed by atoms with Crippen LogP contribution in [0, 0.1) is 6.92 Å². The van der Waals surface area contributed by atoms with Gasteiger partial charge in [0.25, 0.3) is 5.56 Å². The Morgan fingerprint density at radius 3 is 2.87 bits per heavy atom. The lowest BCUT2D eigenvalue weighted by molar-refractivity contribution is 0.0818. The van der Waals surface area contributed by atoms with Gasteiger partial charge in [-0.2, -0.15) is 0 Å². The van der Waals surface area contributed by atoms with Gasteiger partial charge in [0.15, 0.2) is 0 Å². The van der Waals surface area contributed by atoms with Crippen molar-refractivity contribution >= 4 is 22.6 Å². The first kappa shape index (κ1) is 20.9. The first-order chi connectivity index (χ1) is 15.0. The average Bonchev–Trinajstić information content (AvgIpc) is 3.28. The van der Waals surface area contributed by atoms with Crippen LogP contribution in [0.15, 0.2) is 53.3 Å². The second kappa shape index (κ2) is 9.22. The molecule has 1 aliphatic heterocycles. The van der Waals surface area contributed by atoms with E-state index in [1.54, 1.807) is 24.1 Å². The number of pyridine rings is 1. The van der Waals surface area contributed by atoms with Crippen LogP contribution in [0.3, 0.4) is 0 Å². The van der Waals surface area contributed by atoms with Gasteiger partial charge in [-0.05, 0) is 48.9 Å². The minimum atomic E-state index is -0.302. The number of rotatable bonds is 6. The number of aryl methyl sites for hydroxylation is 1. The molecule has 2 heterocycles. The number of benzene rings is 2. The molecule has 7 heteroatoms. The molecule has 2 N–H and O–H groups in total.